The van der Waals surface area contributed by atoms with Crippen LogP contribution in [0, 0.1) is 5.92 Å². The summed E-state index contributed by atoms with van der Waals surface area (Å²) in [6.07, 6.45) is 2.41. The van der Waals surface area contributed by atoms with Crippen LogP contribution in [0.1, 0.15) is 38.4 Å². The number of nitrogens with zero attached hydrogens (tertiary/aromatic N) is 1. The van der Waals surface area contributed by atoms with Gasteiger partial charge in [-0.3, -0.25) is 0 Å². The number of benzene rings is 1. The van der Waals surface area contributed by atoms with Crippen molar-refractivity contribution in [3.8, 4) is 0 Å². The summed E-state index contributed by atoms with van der Waals surface area (Å²) in [5.41, 5.74) is 2.27. The average molecular weight is 219 g/mol. The zero-order valence-electron chi connectivity index (χ0n) is 10.2. The Hall–Kier alpha value is -1.02. The Labute approximate surface area is 97.9 Å². The van der Waals surface area contributed by atoms with Gasteiger partial charge in [0.2, 0.25) is 0 Å². The van der Waals surface area contributed by atoms with Gasteiger partial charge in [-0.15, -0.1) is 0 Å². The van der Waals surface area contributed by atoms with Crippen molar-refractivity contribution < 1.29 is 5.11 Å². The summed E-state index contributed by atoms with van der Waals surface area (Å²) in [6, 6.07) is 8.28. The molecule has 2 rings (SSSR count). The van der Waals surface area contributed by atoms with Gasteiger partial charge in [-0.25, -0.2) is 0 Å². The number of aliphatic hydroxyl groups excluding tert-OH is 1. The van der Waals surface area contributed by atoms with E-state index in [0.717, 1.165) is 18.0 Å². The number of anilines is 1. The Morgan fingerprint density at radius 3 is 2.38 bits per heavy atom. The number of hydrogen-bond acceptors (Lipinski definition) is 2. The van der Waals surface area contributed by atoms with Crippen LogP contribution in [0.5, 0.6) is 0 Å². The molecule has 1 fully saturated rings. The predicted molar refractivity (Wildman–Crippen MR) is 67.7 cm³/mol. The van der Waals surface area contributed by atoms with Gasteiger partial charge in [0.1, 0.15) is 0 Å². The highest BCUT2D eigenvalue weighted by atomic mass is 16.3. The van der Waals surface area contributed by atoms with Crippen LogP contribution < -0.4 is 4.90 Å². The Morgan fingerprint density at radius 1 is 1.31 bits per heavy atom. The summed E-state index contributed by atoms with van der Waals surface area (Å²) in [6.45, 7) is 6.25. The van der Waals surface area contributed by atoms with Crippen molar-refractivity contribution in [2.75, 3.05) is 18.0 Å². The highest BCUT2D eigenvalue weighted by Gasteiger charge is 2.23. The average Bonchev–Trinajstić information content (AvgIpc) is 3.10. The molecular weight excluding hydrogens is 198 g/mol. The molecule has 0 aliphatic heterocycles. The molecule has 0 heterocycles. The molecule has 1 aliphatic rings. The zero-order valence-corrected chi connectivity index (χ0v) is 10.2. The maximum Gasteiger partial charge on any atom is 0.0761 e. The van der Waals surface area contributed by atoms with E-state index >= 15 is 0 Å². The van der Waals surface area contributed by atoms with E-state index in [0.29, 0.717) is 0 Å². The Bertz CT molecular complexity index is 327. The van der Waals surface area contributed by atoms with Crippen molar-refractivity contribution in [1.82, 2.24) is 0 Å². The van der Waals surface area contributed by atoms with Gasteiger partial charge in [0, 0.05) is 18.8 Å². The molecule has 0 unspecified atom stereocenters. The minimum atomic E-state index is -0.368. The van der Waals surface area contributed by atoms with Gasteiger partial charge in [-0.1, -0.05) is 12.1 Å². The fraction of sp³-hybridized carbons (Fsp3) is 0.571. The van der Waals surface area contributed by atoms with Crippen LogP contribution >= 0.6 is 0 Å². The van der Waals surface area contributed by atoms with Gasteiger partial charge in [-0.2, -0.15) is 0 Å². The largest absolute Gasteiger partial charge is 0.389 e. The molecule has 1 aromatic rings. The Balaban J connectivity index is 2.05. The molecular formula is C14H21NO. The van der Waals surface area contributed by atoms with Crippen LogP contribution in [0.15, 0.2) is 24.3 Å². The smallest absolute Gasteiger partial charge is 0.0761 e. The molecule has 0 radical (unpaired) electrons. The van der Waals surface area contributed by atoms with Crippen LogP contribution in [0.3, 0.4) is 0 Å². The molecule has 1 aromatic carbocycles. The third kappa shape index (κ3) is 2.76. The molecule has 1 N–H and O–H groups in total. The molecule has 0 bridgehead atoms. The maximum atomic E-state index is 9.45. The lowest BCUT2D eigenvalue weighted by atomic mass is 10.1. The van der Waals surface area contributed by atoms with Gasteiger partial charge in [-0.05, 0) is 50.3 Å². The van der Waals surface area contributed by atoms with Crippen molar-refractivity contribution in [2.24, 2.45) is 5.92 Å². The van der Waals surface area contributed by atoms with E-state index in [9.17, 15) is 5.11 Å². The third-order valence-corrected chi connectivity index (χ3v) is 3.30. The van der Waals surface area contributed by atoms with Gasteiger partial charge < -0.3 is 10.0 Å². The summed E-state index contributed by atoms with van der Waals surface area (Å²) < 4.78 is 0. The Morgan fingerprint density at radius 2 is 1.94 bits per heavy atom. The minimum absolute atomic E-state index is 0.368. The van der Waals surface area contributed by atoms with E-state index in [4.69, 9.17) is 0 Å². The topological polar surface area (TPSA) is 23.5 Å². The molecule has 1 aliphatic carbocycles. The summed E-state index contributed by atoms with van der Waals surface area (Å²) >= 11 is 0. The van der Waals surface area contributed by atoms with Crippen LogP contribution in [-0.4, -0.2) is 18.2 Å². The van der Waals surface area contributed by atoms with Crippen LogP contribution in [0.25, 0.3) is 0 Å². The SMILES string of the molecule is CCN(CC1CC1)c1ccc([C@H](C)O)cc1. The fourth-order valence-electron chi connectivity index (χ4n) is 1.99. The number of aliphatic hydroxyl groups is 1. The van der Waals surface area contributed by atoms with Crippen molar-refractivity contribution in [2.45, 2.75) is 32.8 Å². The van der Waals surface area contributed by atoms with Crippen molar-refractivity contribution in [3.05, 3.63) is 29.8 Å². The van der Waals surface area contributed by atoms with Gasteiger partial charge in [0.05, 0.1) is 6.10 Å². The lowest BCUT2D eigenvalue weighted by Gasteiger charge is -2.23. The van der Waals surface area contributed by atoms with E-state index in [1.54, 1.807) is 6.92 Å². The number of hydrogen-bond donors (Lipinski definition) is 1. The molecule has 0 spiro atoms. The van der Waals surface area contributed by atoms with E-state index in [-0.39, 0.29) is 6.10 Å². The normalized spacial score (nSPS) is 17.2. The van der Waals surface area contributed by atoms with E-state index in [1.165, 1.54) is 25.1 Å². The quantitative estimate of drug-likeness (QED) is 0.823. The summed E-state index contributed by atoms with van der Waals surface area (Å²) in [4.78, 5) is 2.42. The lowest BCUT2D eigenvalue weighted by Crippen LogP contribution is -2.25. The molecule has 2 nitrogen and oxygen atoms in total. The molecule has 2 heteroatoms. The van der Waals surface area contributed by atoms with E-state index in [2.05, 4.69) is 24.0 Å². The fourth-order valence-corrected chi connectivity index (χ4v) is 1.99. The van der Waals surface area contributed by atoms with E-state index in [1.807, 2.05) is 12.1 Å². The lowest BCUT2D eigenvalue weighted by molar-refractivity contribution is 0.199. The first-order chi connectivity index (χ1) is 7.70. The van der Waals surface area contributed by atoms with E-state index < -0.39 is 0 Å². The standard InChI is InChI=1S/C14H21NO/c1-3-15(10-12-4-5-12)14-8-6-13(7-9-14)11(2)16/h6-9,11-12,16H,3-5,10H2,1-2H3/t11-/m0/s1. The van der Waals surface area contributed by atoms with Crippen LogP contribution in [0.4, 0.5) is 5.69 Å². The van der Waals surface area contributed by atoms with Crippen LogP contribution in [-0.2, 0) is 0 Å². The Kier molecular flexibility index (Phi) is 3.49. The molecule has 88 valence electrons. The monoisotopic (exact) mass is 219 g/mol. The molecule has 1 atom stereocenters. The second-order valence-electron chi connectivity index (χ2n) is 4.75. The second kappa shape index (κ2) is 4.88. The minimum Gasteiger partial charge on any atom is -0.389 e. The zero-order chi connectivity index (χ0) is 11.5. The first-order valence-electron chi connectivity index (χ1n) is 6.23. The highest BCUT2D eigenvalue weighted by Crippen LogP contribution is 2.31. The van der Waals surface area contributed by atoms with Crippen molar-refractivity contribution in [1.29, 1.82) is 0 Å². The molecule has 1 saturated carbocycles. The number of rotatable bonds is 5. The first-order valence-corrected chi connectivity index (χ1v) is 6.23. The van der Waals surface area contributed by atoms with Gasteiger partial charge in [0.15, 0.2) is 0 Å². The van der Waals surface area contributed by atoms with Crippen molar-refractivity contribution in [3.63, 3.8) is 0 Å². The molecule has 0 aromatic heterocycles. The maximum absolute atomic E-state index is 9.45. The predicted octanol–water partition coefficient (Wildman–Crippen LogP) is 2.98. The summed E-state index contributed by atoms with van der Waals surface area (Å²) in [5, 5.41) is 9.45. The first kappa shape index (κ1) is 11.5. The van der Waals surface area contributed by atoms with Gasteiger partial charge in [0.25, 0.3) is 0 Å². The third-order valence-electron chi connectivity index (χ3n) is 3.30. The summed E-state index contributed by atoms with van der Waals surface area (Å²) in [5.74, 6) is 0.913. The van der Waals surface area contributed by atoms with Crippen molar-refractivity contribution >= 4 is 5.69 Å². The molecule has 16 heavy (non-hydrogen) atoms. The molecule has 0 amide bonds. The second-order valence-corrected chi connectivity index (χ2v) is 4.75. The highest BCUT2D eigenvalue weighted by molar-refractivity contribution is 5.48. The van der Waals surface area contributed by atoms with Crippen LogP contribution in [0.2, 0.25) is 0 Å². The molecule has 0 saturated heterocycles. The summed E-state index contributed by atoms with van der Waals surface area (Å²) in [7, 11) is 0. The van der Waals surface area contributed by atoms with Gasteiger partial charge >= 0.3 is 0 Å².